The summed E-state index contributed by atoms with van der Waals surface area (Å²) in [6.45, 7) is 1.79. The fourth-order valence-corrected chi connectivity index (χ4v) is 2.76. The van der Waals surface area contributed by atoms with Crippen molar-refractivity contribution < 1.29 is 19.1 Å². The van der Waals surface area contributed by atoms with Crippen molar-refractivity contribution in [1.29, 1.82) is 0 Å². The van der Waals surface area contributed by atoms with Crippen molar-refractivity contribution in [2.75, 3.05) is 0 Å². The molecule has 0 bridgehead atoms. The summed E-state index contributed by atoms with van der Waals surface area (Å²) in [6, 6.07) is 6.04. The lowest BCUT2D eigenvalue weighted by Gasteiger charge is -2.28. The van der Waals surface area contributed by atoms with E-state index in [1.165, 1.54) is 6.26 Å². The number of nitrogens with zero attached hydrogens (tertiary/aromatic N) is 3. The van der Waals surface area contributed by atoms with Gasteiger partial charge in [-0.25, -0.2) is 0 Å². The van der Waals surface area contributed by atoms with Gasteiger partial charge < -0.3 is 9.32 Å². The first-order chi connectivity index (χ1) is 11.9. The Morgan fingerprint density at radius 1 is 1.20 bits per heavy atom. The molecule has 3 rings (SSSR count). The van der Waals surface area contributed by atoms with E-state index in [-0.39, 0.29) is 17.6 Å². The van der Waals surface area contributed by atoms with Gasteiger partial charge in [-0.05, 0) is 31.9 Å². The Labute approximate surface area is 142 Å². The van der Waals surface area contributed by atoms with E-state index in [2.05, 4.69) is 0 Å². The molecule has 1 atom stereocenters. The van der Waals surface area contributed by atoms with Crippen molar-refractivity contribution in [1.82, 2.24) is 4.90 Å². The molecule has 0 aliphatic heterocycles. The number of nitro groups is 2. The van der Waals surface area contributed by atoms with E-state index in [0.717, 1.165) is 31.0 Å². The van der Waals surface area contributed by atoms with Crippen LogP contribution in [-0.2, 0) is 0 Å². The molecule has 9 nitrogen and oxygen atoms in total. The van der Waals surface area contributed by atoms with Crippen LogP contribution in [0.3, 0.4) is 0 Å². The highest BCUT2D eigenvalue weighted by Gasteiger charge is 2.38. The molecule has 0 radical (unpaired) electrons. The lowest BCUT2D eigenvalue weighted by atomic mass is 10.1. The normalized spacial score (nSPS) is 14.8. The number of hydrogen-bond donors (Lipinski definition) is 0. The number of carbonyl (C=O) groups is 1. The molecule has 25 heavy (non-hydrogen) atoms. The number of rotatable bonds is 6. The summed E-state index contributed by atoms with van der Waals surface area (Å²) in [7, 11) is 0. The third-order valence-electron chi connectivity index (χ3n) is 4.12. The molecular weight excluding hydrogens is 330 g/mol. The lowest BCUT2D eigenvalue weighted by molar-refractivity contribution is -0.394. The molecule has 1 unspecified atom stereocenters. The zero-order chi connectivity index (χ0) is 18.1. The number of nitro benzene ring substituents is 2. The Balaban J connectivity index is 2.00. The molecular formula is C16H15N3O6. The van der Waals surface area contributed by atoms with Crippen LogP contribution in [0.1, 0.15) is 41.9 Å². The largest absolute Gasteiger partial charge is 0.467 e. The molecule has 1 heterocycles. The summed E-state index contributed by atoms with van der Waals surface area (Å²) in [5, 5.41) is 22.1. The second-order valence-electron chi connectivity index (χ2n) is 5.89. The molecule has 1 aliphatic carbocycles. The first kappa shape index (κ1) is 16.6. The summed E-state index contributed by atoms with van der Waals surface area (Å²) in [5.74, 6) is 0.0957. The van der Waals surface area contributed by atoms with Crippen molar-refractivity contribution in [3.63, 3.8) is 0 Å². The van der Waals surface area contributed by atoms with Gasteiger partial charge in [0.2, 0.25) is 0 Å². The van der Waals surface area contributed by atoms with Crippen LogP contribution in [0.2, 0.25) is 0 Å². The monoisotopic (exact) mass is 345 g/mol. The van der Waals surface area contributed by atoms with Gasteiger partial charge in [-0.3, -0.25) is 25.0 Å². The molecule has 1 fully saturated rings. The molecule has 130 valence electrons. The average Bonchev–Trinajstić information content (AvgIpc) is 3.25. The van der Waals surface area contributed by atoms with E-state index in [0.29, 0.717) is 5.76 Å². The number of furan rings is 1. The van der Waals surface area contributed by atoms with Crippen LogP contribution < -0.4 is 0 Å². The summed E-state index contributed by atoms with van der Waals surface area (Å²) < 4.78 is 5.35. The molecule has 0 saturated heterocycles. The highest BCUT2D eigenvalue weighted by atomic mass is 16.6. The van der Waals surface area contributed by atoms with Gasteiger partial charge in [0.05, 0.1) is 33.8 Å². The fraction of sp³-hybridized carbons (Fsp3) is 0.312. The number of benzene rings is 1. The number of non-ortho nitro benzene ring substituents is 2. The molecule has 1 saturated carbocycles. The van der Waals surface area contributed by atoms with Crippen LogP contribution >= 0.6 is 0 Å². The predicted octanol–water partition coefficient (Wildman–Crippen LogP) is 3.46. The predicted molar refractivity (Wildman–Crippen MR) is 86.1 cm³/mol. The third-order valence-corrected chi connectivity index (χ3v) is 4.12. The number of amides is 1. The first-order valence-corrected chi connectivity index (χ1v) is 7.68. The maximum Gasteiger partial charge on any atom is 0.277 e. The Kier molecular flexibility index (Phi) is 4.22. The minimum atomic E-state index is -0.749. The smallest absolute Gasteiger partial charge is 0.277 e. The maximum atomic E-state index is 13.0. The molecule has 1 aromatic heterocycles. The zero-order valence-corrected chi connectivity index (χ0v) is 13.3. The van der Waals surface area contributed by atoms with Crippen LogP contribution in [0.5, 0.6) is 0 Å². The van der Waals surface area contributed by atoms with Gasteiger partial charge in [0.15, 0.2) is 0 Å². The first-order valence-electron chi connectivity index (χ1n) is 7.68. The lowest BCUT2D eigenvalue weighted by Crippen LogP contribution is -2.35. The second-order valence-corrected chi connectivity index (χ2v) is 5.89. The van der Waals surface area contributed by atoms with E-state index >= 15 is 0 Å². The van der Waals surface area contributed by atoms with E-state index in [9.17, 15) is 25.0 Å². The van der Waals surface area contributed by atoms with Gasteiger partial charge in [0, 0.05) is 18.2 Å². The van der Waals surface area contributed by atoms with Gasteiger partial charge >= 0.3 is 0 Å². The van der Waals surface area contributed by atoms with E-state index in [4.69, 9.17) is 4.42 Å². The minimum absolute atomic E-state index is 0.00841. The Morgan fingerprint density at radius 3 is 2.24 bits per heavy atom. The van der Waals surface area contributed by atoms with Gasteiger partial charge in [0.25, 0.3) is 17.3 Å². The molecule has 0 N–H and O–H groups in total. The fourth-order valence-electron chi connectivity index (χ4n) is 2.76. The minimum Gasteiger partial charge on any atom is -0.467 e. The van der Waals surface area contributed by atoms with E-state index in [1.54, 1.807) is 24.0 Å². The highest BCUT2D eigenvalue weighted by molar-refractivity contribution is 5.96. The van der Waals surface area contributed by atoms with Crippen molar-refractivity contribution in [3.8, 4) is 0 Å². The summed E-state index contributed by atoms with van der Waals surface area (Å²) in [5.41, 5.74) is -1.05. The van der Waals surface area contributed by atoms with Crippen LogP contribution in [0.15, 0.2) is 41.0 Å². The average molecular weight is 345 g/mol. The van der Waals surface area contributed by atoms with Crippen molar-refractivity contribution in [2.24, 2.45) is 0 Å². The van der Waals surface area contributed by atoms with Gasteiger partial charge in [0.1, 0.15) is 5.76 Å². The quantitative estimate of drug-likeness (QED) is 0.584. The second kappa shape index (κ2) is 6.34. The van der Waals surface area contributed by atoms with Crippen molar-refractivity contribution in [3.05, 3.63) is 68.1 Å². The van der Waals surface area contributed by atoms with Gasteiger partial charge in [-0.15, -0.1) is 0 Å². The Hall–Kier alpha value is -3.23. The van der Waals surface area contributed by atoms with Crippen LogP contribution in [0, 0.1) is 20.2 Å². The molecule has 1 amide bonds. The maximum absolute atomic E-state index is 13.0. The highest BCUT2D eigenvalue weighted by Crippen LogP contribution is 2.36. The Bertz CT molecular complexity index is 796. The summed E-state index contributed by atoms with van der Waals surface area (Å²) in [4.78, 5) is 35.1. The van der Waals surface area contributed by atoms with E-state index < -0.39 is 27.1 Å². The van der Waals surface area contributed by atoms with Crippen LogP contribution in [-0.4, -0.2) is 26.7 Å². The van der Waals surface area contributed by atoms with E-state index in [1.807, 2.05) is 0 Å². The zero-order valence-electron chi connectivity index (χ0n) is 13.3. The third kappa shape index (κ3) is 3.35. The summed E-state index contributed by atoms with van der Waals surface area (Å²) >= 11 is 0. The molecule has 1 aromatic carbocycles. The molecule has 1 aliphatic rings. The van der Waals surface area contributed by atoms with Crippen LogP contribution in [0.4, 0.5) is 11.4 Å². The molecule has 9 heteroatoms. The standard InChI is InChI=1S/C16H15N3O6/c1-10(15-3-2-6-25-15)17(12-4-5-12)16(20)11-7-13(18(21)22)9-14(8-11)19(23)24/h2-3,6-10,12H,4-5H2,1H3. The van der Waals surface area contributed by atoms with Crippen molar-refractivity contribution >= 4 is 17.3 Å². The van der Waals surface area contributed by atoms with Gasteiger partial charge in [-0.1, -0.05) is 0 Å². The van der Waals surface area contributed by atoms with Crippen LogP contribution in [0.25, 0.3) is 0 Å². The molecule has 2 aromatic rings. The topological polar surface area (TPSA) is 120 Å². The van der Waals surface area contributed by atoms with Gasteiger partial charge in [-0.2, -0.15) is 0 Å². The number of carbonyl (C=O) groups excluding carboxylic acids is 1. The number of hydrogen-bond acceptors (Lipinski definition) is 6. The Morgan fingerprint density at radius 2 is 1.80 bits per heavy atom. The summed E-state index contributed by atoms with van der Waals surface area (Å²) in [6.07, 6.45) is 3.13. The SMILES string of the molecule is CC(c1ccco1)N(C(=O)c1cc([N+](=O)[O-])cc([N+](=O)[O-])c1)C1CC1. The molecule has 0 spiro atoms. The van der Waals surface area contributed by atoms with Crippen molar-refractivity contribution in [2.45, 2.75) is 31.8 Å².